The lowest BCUT2D eigenvalue weighted by atomic mass is 10.1. The molecule has 1 N–H and O–H groups in total. The number of hydrogen-bond acceptors (Lipinski definition) is 5. The van der Waals surface area contributed by atoms with Crippen molar-refractivity contribution in [2.75, 3.05) is 5.32 Å². The van der Waals surface area contributed by atoms with Crippen molar-refractivity contribution in [1.29, 1.82) is 0 Å². The number of aromatic nitrogens is 2. The summed E-state index contributed by atoms with van der Waals surface area (Å²) in [4.78, 5) is 8.85. The third-order valence-electron chi connectivity index (χ3n) is 3.93. The number of benzene rings is 2. The molecule has 0 amide bonds. The van der Waals surface area contributed by atoms with Crippen molar-refractivity contribution in [2.45, 2.75) is 13.3 Å². The van der Waals surface area contributed by atoms with Gasteiger partial charge in [0.1, 0.15) is 11.6 Å². The Morgan fingerprint density at radius 1 is 1.00 bits per heavy atom. The summed E-state index contributed by atoms with van der Waals surface area (Å²) in [6.07, 6.45) is -3.02. The second kappa shape index (κ2) is 7.12. The van der Waals surface area contributed by atoms with Crippen LogP contribution in [0.1, 0.15) is 5.01 Å². The highest BCUT2D eigenvalue weighted by molar-refractivity contribution is 7.18. The van der Waals surface area contributed by atoms with Gasteiger partial charge in [-0.25, -0.2) is 9.97 Å². The number of rotatable bonds is 4. The van der Waals surface area contributed by atoms with E-state index >= 15 is 0 Å². The number of aryl methyl sites for hydroxylation is 1. The number of ether oxygens (including phenoxy) is 1. The normalized spacial score (nSPS) is 11.6. The maximum Gasteiger partial charge on any atom is 0.573 e. The average Bonchev–Trinajstić information content (AvgIpc) is 3.00. The first-order valence-corrected chi connectivity index (χ1v) is 9.14. The Hall–Kier alpha value is -3.13. The topological polar surface area (TPSA) is 47.0 Å². The van der Waals surface area contributed by atoms with Gasteiger partial charge in [-0.3, -0.25) is 0 Å². The van der Waals surface area contributed by atoms with Crippen molar-refractivity contribution in [2.24, 2.45) is 0 Å². The molecule has 0 spiro atoms. The van der Waals surface area contributed by atoms with Gasteiger partial charge >= 0.3 is 6.36 Å². The first-order chi connectivity index (χ1) is 13.4. The molecule has 0 aliphatic carbocycles. The van der Waals surface area contributed by atoms with Crippen LogP contribution < -0.4 is 10.1 Å². The van der Waals surface area contributed by atoms with Gasteiger partial charge in [0, 0.05) is 23.5 Å². The Bertz CT molecular complexity index is 1120. The van der Waals surface area contributed by atoms with Crippen LogP contribution >= 0.6 is 11.3 Å². The average molecular weight is 401 g/mol. The number of pyridine rings is 1. The smallest absolute Gasteiger partial charge is 0.406 e. The third-order valence-corrected chi connectivity index (χ3v) is 4.88. The van der Waals surface area contributed by atoms with E-state index in [9.17, 15) is 13.2 Å². The summed E-state index contributed by atoms with van der Waals surface area (Å²) in [6, 6.07) is 15.3. The van der Waals surface area contributed by atoms with Gasteiger partial charge in [0.05, 0.1) is 15.2 Å². The molecule has 0 aliphatic rings. The molecule has 4 rings (SSSR count). The van der Waals surface area contributed by atoms with Gasteiger partial charge in [0.15, 0.2) is 0 Å². The summed E-state index contributed by atoms with van der Waals surface area (Å²) in [5.41, 5.74) is 3.31. The molecule has 0 saturated heterocycles. The van der Waals surface area contributed by atoms with Crippen LogP contribution in [0, 0.1) is 6.92 Å². The van der Waals surface area contributed by atoms with E-state index < -0.39 is 6.36 Å². The number of thiazole rings is 1. The van der Waals surface area contributed by atoms with Crippen LogP contribution in [0.2, 0.25) is 0 Å². The molecule has 0 aliphatic heterocycles. The highest BCUT2D eigenvalue weighted by Gasteiger charge is 2.31. The summed E-state index contributed by atoms with van der Waals surface area (Å²) in [5.74, 6) is 0.222. The van der Waals surface area contributed by atoms with Gasteiger partial charge in [-0.15, -0.1) is 24.5 Å². The molecule has 2 aromatic carbocycles. The minimum absolute atomic E-state index is 0.291. The lowest BCUT2D eigenvalue weighted by molar-refractivity contribution is -0.274. The van der Waals surface area contributed by atoms with Gasteiger partial charge in [-0.05, 0) is 48.9 Å². The summed E-state index contributed by atoms with van der Waals surface area (Å²) in [5, 5.41) is 3.99. The van der Waals surface area contributed by atoms with E-state index in [2.05, 4.69) is 20.0 Å². The molecule has 0 bridgehead atoms. The van der Waals surface area contributed by atoms with Crippen molar-refractivity contribution in [3.8, 4) is 16.9 Å². The maximum atomic E-state index is 12.3. The zero-order chi connectivity index (χ0) is 19.7. The number of halogens is 3. The van der Waals surface area contributed by atoms with Crippen molar-refractivity contribution >= 4 is 33.1 Å². The highest BCUT2D eigenvalue weighted by Crippen LogP contribution is 2.29. The van der Waals surface area contributed by atoms with Crippen LogP contribution in [0.3, 0.4) is 0 Å². The van der Waals surface area contributed by atoms with E-state index in [0.717, 1.165) is 26.4 Å². The molecule has 4 aromatic rings. The Balaban J connectivity index is 1.52. The van der Waals surface area contributed by atoms with E-state index in [1.807, 2.05) is 31.2 Å². The van der Waals surface area contributed by atoms with Crippen molar-refractivity contribution in [3.05, 3.63) is 65.8 Å². The van der Waals surface area contributed by atoms with E-state index in [-0.39, 0.29) is 5.75 Å². The Labute approximate surface area is 162 Å². The molecular formula is C20H14F3N3OS. The fraction of sp³-hybridized carbons (Fsp3) is 0.100. The van der Waals surface area contributed by atoms with Crippen LogP contribution in [-0.2, 0) is 0 Å². The summed E-state index contributed by atoms with van der Waals surface area (Å²) in [7, 11) is 0. The van der Waals surface area contributed by atoms with Crippen LogP contribution in [0.25, 0.3) is 21.3 Å². The number of hydrogen-bond donors (Lipinski definition) is 1. The molecule has 0 saturated carbocycles. The maximum absolute atomic E-state index is 12.3. The number of nitrogens with one attached hydrogen (secondary N) is 1. The fourth-order valence-corrected chi connectivity index (χ4v) is 3.59. The molecule has 0 fully saturated rings. The van der Waals surface area contributed by atoms with E-state index in [1.54, 1.807) is 29.7 Å². The zero-order valence-corrected chi connectivity index (χ0v) is 15.4. The van der Waals surface area contributed by atoms with Gasteiger partial charge in [0.2, 0.25) is 0 Å². The van der Waals surface area contributed by atoms with Crippen LogP contribution in [0.5, 0.6) is 5.75 Å². The summed E-state index contributed by atoms with van der Waals surface area (Å²) in [6.45, 7) is 1.97. The van der Waals surface area contributed by atoms with Gasteiger partial charge in [-0.1, -0.05) is 12.1 Å². The second-order valence-electron chi connectivity index (χ2n) is 6.05. The Kier molecular flexibility index (Phi) is 4.64. The van der Waals surface area contributed by atoms with Crippen molar-refractivity contribution in [1.82, 2.24) is 9.97 Å². The van der Waals surface area contributed by atoms with E-state index in [0.29, 0.717) is 11.5 Å². The SMILES string of the molecule is Cc1nc2cc(-c3ccc(Nc4cccc(OC(F)(F)F)c4)nc3)ccc2s1. The molecule has 0 unspecified atom stereocenters. The second-order valence-corrected chi connectivity index (χ2v) is 7.28. The number of fused-ring (bicyclic) bond motifs is 1. The number of nitrogens with zero attached hydrogens (tertiary/aromatic N) is 2. The largest absolute Gasteiger partial charge is 0.573 e. The molecular weight excluding hydrogens is 387 g/mol. The van der Waals surface area contributed by atoms with Crippen LogP contribution in [-0.4, -0.2) is 16.3 Å². The number of alkyl halides is 3. The first-order valence-electron chi connectivity index (χ1n) is 8.32. The minimum Gasteiger partial charge on any atom is -0.406 e. The highest BCUT2D eigenvalue weighted by atomic mass is 32.1. The molecule has 8 heteroatoms. The molecule has 2 heterocycles. The quantitative estimate of drug-likeness (QED) is 0.435. The van der Waals surface area contributed by atoms with Gasteiger partial charge in [-0.2, -0.15) is 0 Å². The van der Waals surface area contributed by atoms with Crippen LogP contribution in [0.4, 0.5) is 24.7 Å². The van der Waals surface area contributed by atoms with E-state index in [4.69, 9.17) is 0 Å². The van der Waals surface area contributed by atoms with Crippen molar-refractivity contribution < 1.29 is 17.9 Å². The summed E-state index contributed by atoms with van der Waals surface area (Å²) >= 11 is 1.65. The predicted molar refractivity (Wildman–Crippen MR) is 104 cm³/mol. The van der Waals surface area contributed by atoms with Crippen LogP contribution in [0.15, 0.2) is 60.8 Å². The minimum atomic E-state index is -4.73. The van der Waals surface area contributed by atoms with E-state index in [1.165, 1.54) is 18.2 Å². The van der Waals surface area contributed by atoms with Crippen molar-refractivity contribution in [3.63, 3.8) is 0 Å². The fourth-order valence-electron chi connectivity index (χ4n) is 2.78. The van der Waals surface area contributed by atoms with Gasteiger partial charge in [0.25, 0.3) is 0 Å². The molecule has 28 heavy (non-hydrogen) atoms. The zero-order valence-electron chi connectivity index (χ0n) is 14.6. The molecule has 2 aromatic heterocycles. The lowest BCUT2D eigenvalue weighted by Gasteiger charge is -2.11. The third kappa shape index (κ3) is 4.23. The molecule has 0 atom stereocenters. The molecule has 0 radical (unpaired) electrons. The predicted octanol–water partition coefficient (Wildman–Crippen LogP) is 6.31. The Morgan fingerprint density at radius 2 is 1.82 bits per heavy atom. The number of anilines is 2. The molecule has 142 valence electrons. The molecule has 4 nitrogen and oxygen atoms in total. The lowest BCUT2D eigenvalue weighted by Crippen LogP contribution is -2.17. The van der Waals surface area contributed by atoms with Gasteiger partial charge < -0.3 is 10.1 Å². The summed E-state index contributed by atoms with van der Waals surface area (Å²) < 4.78 is 42.1. The Morgan fingerprint density at radius 3 is 2.57 bits per heavy atom. The monoisotopic (exact) mass is 401 g/mol. The first kappa shape index (κ1) is 18.2. The standard InChI is InChI=1S/C20H14F3N3OS/c1-12-25-17-9-13(5-7-18(17)28-12)14-6-8-19(24-11-14)26-15-3-2-4-16(10-15)27-20(21,22)23/h2-11H,1H3,(H,24,26).